The van der Waals surface area contributed by atoms with Gasteiger partial charge in [-0.3, -0.25) is 4.90 Å². The molecule has 0 fully saturated rings. The van der Waals surface area contributed by atoms with E-state index in [9.17, 15) is 0 Å². The molecule has 4 heteroatoms. The Morgan fingerprint density at radius 1 is 1.24 bits per heavy atom. The Labute approximate surface area is 126 Å². The van der Waals surface area contributed by atoms with Crippen molar-refractivity contribution in [2.24, 2.45) is 0 Å². The van der Waals surface area contributed by atoms with Gasteiger partial charge in [-0.25, -0.2) is 4.68 Å². The summed E-state index contributed by atoms with van der Waals surface area (Å²) in [7, 11) is 1.99. The molecule has 0 spiro atoms. The maximum absolute atomic E-state index is 4.87. The van der Waals surface area contributed by atoms with Gasteiger partial charge in [0.2, 0.25) is 0 Å². The van der Waals surface area contributed by atoms with Gasteiger partial charge in [-0.05, 0) is 32.1 Å². The van der Waals surface area contributed by atoms with Gasteiger partial charge in [-0.2, -0.15) is 5.10 Å². The predicted octanol–water partition coefficient (Wildman–Crippen LogP) is 2.36. The molecule has 1 aromatic carbocycles. The first kappa shape index (κ1) is 14.3. The summed E-state index contributed by atoms with van der Waals surface area (Å²) >= 11 is 0. The zero-order valence-corrected chi connectivity index (χ0v) is 13.0. The standard InChI is InChI=1S/C17H24N4/c1-3-10-20-11-9-17-15(13-20)16(12-18-2)19-21(17)14-7-5-4-6-8-14/h4-8,18H,3,9-13H2,1-2H3. The molecule has 0 amide bonds. The van der Waals surface area contributed by atoms with Gasteiger partial charge >= 0.3 is 0 Å². The van der Waals surface area contributed by atoms with Crippen LogP contribution in [0.1, 0.15) is 30.3 Å². The Bertz CT molecular complexity index is 588. The van der Waals surface area contributed by atoms with Crippen LogP contribution < -0.4 is 5.32 Å². The van der Waals surface area contributed by atoms with Crippen molar-refractivity contribution < 1.29 is 0 Å². The van der Waals surface area contributed by atoms with Gasteiger partial charge in [0.1, 0.15) is 0 Å². The molecule has 4 nitrogen and oxygen atoms in total. The van der Waals surface area contributed by atoms with E-state index in [1.165, 1.54) is 35.6 Å². The number of hydrogen-bond donors (Lipinski definition) is 1. The van der Waals surface area contributed by atoms with Crippen LogP contribution in [0.2, 0.25) is 0 Å². The molecular weight excluding hydrogens is 260 g/mol. The first-order valence-electron chi connectivity index (χ1n) is 7.85. The number of aromatic nitrogens is 2. The molecule has 0 saturated heterocycles. The highest BCUT2D eigenvalue weighted by atomic mass is 15.3. The average Bonchev–Trinajstić information content (AvgIpc) is 2.87. The smallest absolute Gasteiger partial charge is 0.0814 e. The second-order valence-electron chi connectivity index (χ2n) is 5.68. The molecule has 21 heavy (non-hydrogen) atoms. The van der Waals surface area contributed by atoms with Crippen LogP contribution in [0.25, 0.3) is 5.69 Å². The summed E-state index contributed by atoms with van der Waals surface area (Å²) in [5.41, 5.74) is 5.17. The second kappa shape index (κ2) is 6.41. The van der Waals surface area contributed by atoms with Gasteiger partial charge in [-0.15, -0.1) is 0 Å². The van der Waals surface area contributed by atoms with E-state index in [-0.39, 0.29) is 0 Å². The fourth-order valence-corrected chi connectivity index (χ4v) is 3.14. The average molecular weight is 284 g/mol. The Morgan fingerprint density at radius 3 is 2.76 bits per heavy atom. The van der Waals surface area contributed by atoms with E-state index < -0.39 is 0 Å². The molecule has 1 aliphatic heterocycles. The fraction of sp³-hybridized carbons (Fsp3) is 0.471. The highest BCUT2D eigenvalue weighted by Gasteiger charge is 2.24. The molecule has 0 bridgehead atoms. The van der Waals surface area contributed by atoms with Crippen molar-refractivity contribution in [1.29, 1.82) is 0 Å². The minimum atomic E-state index is 0.835. The maximum atomic E-state index is 4.87. The van der Waals surface area contributed by atoms with Crippen molar-refractivity contribution in [3.05, 3.63) is 47.3 Å². The molecule has 3 rings (SSSR count). The number of benzene rings is 1. The van der Waals surface area contributed by atoms with Crippen LogP contribution in [0.15, 0.2) is 30.3 Å². The van der Waals surface area contributed by atoms with Crippen LogP contribution >= 0.6 is 0 Å². The van der Waals surface area contributed by atoms with Gasteiger partial charge in [0.05, 0.1) is 17.1 Å². The summed E-state index contributed by atoms with van der Waals surface area (Å²) in [4.78, 5) is 2.54. The molecule has 0 aliphatic carbocycles. The summed E-state index contributed by atoms with van der Waals surface area (Å²) in [6.07, 6.45) is 2.30. The van der Waals surface area contributed by atoms with Crippen molar-refractivity contribution in [3.8, 4) is 5.69 Å². The van der Waals surface area contributed by atoms with E-state index >= 15 is 0 Å². The zero-order valence-electron chi connectivity index (χ0n) is 13.0. The lowest BCUT2D eigenvalue weighted by atomic mass is 10.0. The van der Waals surface area contributed by atoms with Crippen molar-refractivity contribution in [1.82, 2.24) is 20.0 Å². The van der Waals surface area contributed by atoms with E-state index in [1.807, 2.05) is 7.05 Å². The highest BCUT2D eigenvalue weighted by Crippen LogP contribution is 2.25. The molecule has 1 N–H and O–H groups in total. The number of nitrogens with one attached hydrogen (secondary N) is 1. The Kier molecular flexibility index (Phi) is 4.36. The third-order valence-corrected chi connectivity index (χ3v) is 4.10. The lowest BCUT2D eigenvalue weighted by molar-refractivity contribution is 0.252. The van der Waals surface area contributed by atoms with Gasteiger partial charge in [0.25, 0.3) is 0 Å². The van der Waals surface area contributed by atoms with E-state index in [0.29, 0.717) is 0 Å². The molecule has 112 valence electrons. The summed E-state index contributed by atoms with van der Waals surface area (Å²) in [6, 6.07) is 10.5. The molecule has 1 aliphatic rings. The van der Waals surface area contributed by atoms with Crippen LogP contribution in [0.4, 0.5) is 0 Å². The van der Waals surface area contributed by atoms with Gasteiger partial charge < -0.3 is 5.32 Å². The van der Waals surface area contributed by atoms with E-state index in [2.05, 4.69) is 52.2 Å². The lowest BCUT2D eigenvalue weighted by Gasteiger charge is -2.27. The first-order chi connectivity index (χ1) is 10.3. The summed E-state index contributed by atoms with van der Waals surface area (Å²) in [6.45, 7) is 6.43. The summed E-state index contributed by atoms with van der Waals surface area (Å²) < 4.78 is 2.14. The topological polar surface area (TPSA) is 33.1 Å². The second-order valence-corrected chi connectivity index (χ2v) is 5.68. The van der Waals surface area contributed by atoms with Crippen molar-refractivity contribution in [3.63, 3.8) is 0 Å². The molecule has 2 aromatic rings. The van der Waals surface area contributed by atoms with E-state index in [1.54, 1.807) is 0 Å². The third kappa shape index (κ3) is 2.87. The van der Waals surface area contributed by atoms with Gasteiger partial charge in [-0.1, -0.05) is 25.1 Å². The van der Waals surface area contributed by atoms with Crippen LogP contribution in [0, 0.1) is 0 Å². The number of nitrogens with zero attached hydrogens (tertiary/aromatic N) is 3. The molecule has 2 heterocycles. The van der Waals surface area contributed by atoms with Crippen LogP contribution in [0.5, 0.6) is 0 Å². The minimum Gasteiger partial charge on any atom is -0.314 e. The Balaban J connectivity index is 1.99. The first-order valence-corrected chi connectivity index (χ1v) is 7.85. The quantitative estimate of drug-likeness (QED) is 0.915. The molecule has 0 unspecified atom stereocenters. The number of hydrogen-bond acceptors (Lipinski definition) is 3. The monoisotopic (exact) mass is 284 g/mol. The normalized spacial score (nSPS) is 15.1. The van der Waals surface area contributed by atoms with Crippen molar-refractivity contribution in [2.75, 3.05) is 20.1 Å². The van der Waals surface area contributed by atoms with E-state index in [0.717, 1.165) is 26.1 Å². The number of fused-ring (bicyclic) bond motifs is 1. The molecule has 0 saturated carbocycles. The van der Waals surface area contributed by atoms with Crippen molar-refractivity contribution >= 4 is 0 Å². The number of rotatable bonds is 5. The molecule has 1 aromatic heterocycles. The van der Waals surface area contributed by atoms with Crippen LogP contribution in [0.3, 0.4) is 0 Å². The molecule has 0 radical (unpaired) electrons. The third-order valence-electron chi connectivity index (χ3n) is 4.10. The van der Waals surface area contributed by atoms with Gasteiger partial charge in [0.15, 0.2) is 0 Å². The Morgan fingerprint density at radius 2 is 2.05 bits per heavy atom. The largest absolute Gasteiger partial charge is 0.314 e. The molecular formula is C17H24N4. The SMILES string of the molecule is CCCN1CCc2c(c(CNC)nn2-c2ccccc2)C1. The number of para-hydroxylation sites is 1. The fourth-order valence-electron chi connectivity index (χ4n) is 3.14. The highest BCUT2D eigenvalue weighted by molar-refractivity contribution is 5.38. The molecule has 0 atom stereocenters. The van der Waals surface area contributed by atoms with Gasteiger partial charge in [0, 0.05) is 31.6 Å². The maximum Gasteiger partial charge on any atom is 0.0814 e. The van der Waals surface area contributed by atoms with Crippen molar-refractivity contribution in [2.45, 2.75) is 32.9 Å². The minimum absolute atomic E-state index is 0.835. The lowest BCUT2D eigenvalue weighted by Crippen LogP contribution is -2.32. The predicted molar refractivity (Wildman–Crippen MR) is 85.6 cm³/mol. The zero-order chi connectivity index (χ0) is 14.7. The van der Waals surface area contributed by atoms with Crippen LogP contribution in [-0.2, 0) is 19.5 Å². The Hall–Kier alpha value is -1.65. The van der Waals surface area contributed by atoms with E-state index in [4.69, 9.17) is 5.10 Å². The summed E-state index contributed by atoms with van der Waals surface area (Å²) in [5.74, 6) is 0. The summed E-state index contributed by atoms with van der Waals surface area (Å²) in [5, 5.41) is 8.13. The van der Waals surface area contributed by atoms with Crippen LogP contribution in [-0.4, -0.2) is 34.8 Å².